The van der Waals surface area contributed by atoms with Crippen LogP contribution in [0, 0.1) is 15.9 Å². The molecular formula is C13H9BrFNO2S. The Morgan fingerprint density at radius 1 is 1.26 bits per heavy atom. The number of nitrogens with zero attached hydrogens (tertiary/aromatic N) is 1. The van der Waals surface area contributed by atoms with E-state index in [2.05, 4.69) is 15.9 Å². The molecule has 0 saturated carbocycles. The van der Waals surface area contributed by atoms with Crippen LogP contribution in [0.15, 0.2) is 51.8 Å². The highest BCUT2D eigenvalue weighted by molar-refractivity contribution is 9.10. The van der Waals surface area contributed by atoms with E-state index < -0.39 is 16.4 Å². The molecule has 2 aromatic rings. The van der Waals surface area contributed by atoms with Crippen LogP contribution in [0.1, 0.15) is 5.56 Å². The summed E-state index contributed by atoms with van der Waals surface area (Å²) in [6.07, 6.45) is 0. The summed E-state index contributed by atoms with van der Waals surface area (Å²) in [5.74, 6) is -0.243. The van der Waals surface area contributed by atoms with Gasteiger partial charge in [-0.05, 0) is 39.7 Å². The summed E-state index contributed by atoms with van der Waals surface area (Å²) >= 11 is 4.97. The predicted molar refractivity (Wildman–Crippen MR) is 76.8 cm³/mol. The van der Waals surface area contributed by atoms with E-state index in [1.807, 2.05) is 24.3 Å². The van der Waals surface area contributed by atoms with Crippen molar-refractivity contribution in [2.24, 2.45) is 0 Å². The molecule has 98 valence electrons. The fourth-order valence-electron chi connectivity index (χ4n) is 1.51. The SMILES string of the molecule is O=[N+]([O-])c1ccc(CSc2ccccc2Br)cc1F. The summed E-state index contributed by atoms with van der Waals surface area (Å²) in [6, 6.07) is 11.7. The second kappa shape index (κ2) is 6.16. The van der Waals surface area contributed by atoms with Crippen molar-refractivity contribution in [2.75, 3.05) is 0 Å². The van der Waals surface area contributed by atoms with Gasteiger partial charge in [0.15, 0.2) is 0 Å². The first-order valence-electron chi connectivity index (χ1n) is 5.38. The van der Waals surface area contributed by atoms with E-state index in [0.29, 0.717) is 11.3 Å². The number of benzene rings is 2. The molecule has 0 radical (unpaired) electrons. The third-order valence-electron chi connectivity index (χ3n) is 2.44. The molecule has 2 aromatic carbocycles. The average Bonchev–Trinajstić information content (AvgIpc) is 2.37. The second-order valence-electron chi connectivity index (χ2n) is 3.76. The van der Waals surface area contributed by atoms with Crippen molar-refractivity contribution < 1.29 is 9.31 Å². The van der Waals surface area contributed by atoms with E-state index >= 15 is 0 Å². The summed E-state index contributed by atoms with van der Waals surface area (Å²) in [5.41, 5.74) is 0.221. The number of halogens is 2. The number of rotatable bonds is 4. The van der Waals surface area contributed by atoms with Gasteiger partial charge in [-0.2, -0.15) is 4.39 Å². The summed E-state index contributed by atoms with van der Waals surface area (Å²) in [7, 11) is 0. The van der Waals surface area contributed by atoms with E-state index in [1.54, 1.807) is 6.07 Å². The molecule has 0 aromatic heterocycles. The van der Waals surface area contributed by atoms with E-state index in [4.69, 9.17) is 0 Å². The largest absolute Gasteiger partial charge is 0.304 e. The van der Waals surface area contributed by atoms with E-state index in [0.717, 1.165) is 9.37 Å². The minimum Gasteiger partial charge on any atom is -0.258 e. The first kappa shape index (κ1) is 14.0. The Morgan fingerprint density at radius 2 is 2.00 bits per heavy atom. The monoisotopic (exact) mass is 341 g/mol. The smallest absolute Gasteiger partial charge is 0.258 e. The molecule has 0 amide bonds. The molecule has 0 aliphatic heterocycles. The normalized spacial score (nSPS) is 10.4. The van der Waals surface area contributed by atoms with Gasteiger partial charge in [0.05, 0.1) is 4.92 Å². The van der Waals surface area contributed by atoms with E-state index in [-0.39, 0.29) is 0 Å². The standard InChI is InChI=1S/C13H9BrFNO2S/c14-10-3-1-2-4-13(10)19-8-9-5-6-12(16(17)18)11(15)7-9/h1-7H,8H2. The second-order valence-corrected chi connectivity index (χ2v) is 5.63. The highest BCUT2D eigenvalue weighted by atomic mass is 79.9. The molecule has 0 aliphatic carbocycles. The van der Waals surface area contributed by atoms with Gasteiger partial charge in [0.25, 0.3) is 0 Å². The molecule has 0 heterocycles. The Balaban J connectivity index is 2.11. The fraction of sp³-hybridized carbons (Fsp3) is 0.0769. The van der Waals surface area contributed by atoms with Gasteiger partial charge >= 0.3 is 5.69 Å². The molecule has 0 spiro atoms. The van der Waals surface area contributed by atoms with Gasteiger partial charge in [-0.3, -0.25) is 10.1 Å². The van der Waals surface area contributed by atoms with Gasteiger partial charge in [0.2, 0.25) is 5.82 Å². The Bertz CT molecular complexity index is 621. The summed E-state index contributed by atoms with van der Waals surface area (Å²) in [4.78, 5) is 10.8. The maximum absolute atomic E-state index is 13.4. The zero-order valence-corrected chi connectivity index (χ0v) is 12.1. The quantitative estimate of drug-likeness (QED) is 0.456. The maximum Gasteiger partial charge on any atom is 0.304 e. The Labute approximate surface area is 122 Å². The molecule has 6 heteroatoms. The lowest BCUT2D eigenvalue weighted by Gasteiger charge is -2.04. The third-order valence-corrected chi connectivity index (χ3v) is 4.54. The molecule has 0 fully saturated rings. The van der Waals surface area contributed by atoms with Crippen molar-refractivity contribution in [2.45, 2.75) is 10.6 Å². The lowest BCUT2D eigenvalue weighted by molar-refractivity contribution is -0.387. The van der Waals surface area contributed by atoms with Crippen molar-refractivity contribution >= 4 is 33.4 Å². The lowest BCUT2D eigenvalue weighted by atomic mass is 10.2. The van der Waals surface area contributed by atoms with Gasteiger partial charge in [0, 0.05) is 21.2 Å². The van der Waals surface area contributed by atoms with E-state index in [1.165, 1.54) is 23.9 Å². The number of thioether (sulfide) groups is 1. The Kier molecular flexibility index (Phi) is 4.55. The zero-order valence-electron chi connectivity index (χ0n) is 9.68. The van der Waals surface area contributed by atoms with Crippen LogP contribution < -0.4 is 0 Å². The van der Waals surface area contributed by atoms with Gasteiger partial charge in [-0.1, -0.05) is 18.2 Å². The van der Waals surface area contributed by atoms with Crippen molar-refractivity contribution in [3.05, 3.63) is 68.4 Å². The number of nitro groups is 1. The maximum atomic E-state index is 13.4. The summed E-state index contributed by atoms with van der Waals surface area (Å²) < 4.78 is 14.4. The van der Waals surface area contributed by atoms with Crippen LogP contribution in [0.5, 0.6) is 0 Å². The van der Waals surface area contributed by atoms with Crippen LogP contribution in [-0.4, -0.2) is 4.92 Å². The van der Waals surface area contributed by atoms with E-state index in [9.17, 15) is 14.5 Å². The van der Waals surface area contributed by atoms with Gasteiger partial charge < -0.3 is 0 Å². The minimum atomic E-state index is -0.796. The van der Waals surface area contributed by atoms with Crippen LogP contribution in [-0.2, 0) is 5.75 Å². The van der Waals surface area contributed by atoms with Gasteiger partial charge in [0.1, 0.15) is 0 Å². The molecule has 0 aliphatic rings. The number of nitro benzene ring substituents is 1. The molecule has 3 nitrogen and oxygen atoms in total. The zero-order chi connectivity index (χ0) is 13.8. The van der Waals surface area contributed by atoms with Crippen molar-refractivity contribution in [3.8, 4) is 0 Å². The van der Waals surface area contributed by atoms with Crippen LogP contribution in [0.4, 0.5) is 10.1 Å². The van der Waals surface area contributed by atoms with Crippen LogP contribution in [0.2, 0.25) is 0 Å². The lowest BCUT2D eigenvalue weighted by Crippen LogP contribution is -1.93. The van der Waals surface area contributed by atoms with Crippen molar-refractivity contribution in [3.63, 3.8) is 0 Å². The summed E-state index contributed by atoms with van der Waals surface area (Å²) in [5, 5.41) is 10.5. The molecule has 19 heavy (non-hydrogen) atoms. The molecule has 2 rings (SSSR count). The molecule has 0 N–H and O–H groups in total. The minimum absolute atomic E-state index is 0.491. The number of hydrogen-bond acceptors (Lipinski definition) is 3. The number of hydrogen-bond donors (Lipinski definition) is 0. The first-order chi connectivity index (χ1) is 9.08. The highest BCUT2D eigenvalue weighted by Crippen LogP contribution is 2.30. The Hall–Kier alpha value is -1.40. The molecule has 0 saturated heterocycles. The van der Waals surface area contributed by atoms with Crippen LogP contribution in [0.25, 0.3) is 0 Å². The van der Waals surface area contributed by atoms with Crippen LogP contribution in [0.3, 0.4) is 0 Å². The third kappa shape index (κ3) is 3.54. The molecule has 0 unspecified atom stereocenters. The molecular weight excluding hydrogens is 333 g/mol. The van der Waals surface area contributed by atoms with Crippen LogP contribution >= 0.6 is 27.7 Å². The molecule has 0 bridgehead atoms. The Morgan fingerprint density at radius 3 is 2.63 bits per heavy atom. The molecule has 0 atom stereocenters. The van der Waals surface area contributed by atoms with Gasteiger partial charge in [-0.15, -0.1) is 11.8 Å². The van der Waals surface area contributed by atoms with Gasteiger partial charge in [-0.25, -0.2) is 0 Å². The van der Waals surface area contributed by atoms with Crippen molar-refractivity contribution in [1.82, 2.24) is 0 Å². The predicted octanol–water partition coefficient (Wildman–Crippen LogP) is 4.79. The fourth-order valence-corrected chi connectivity index (χ4v) is 3.02. The topological polar surface area (TPSA) is 43.1 Å². The average molecular weight is 342 g/mol. The van der Waals surface area contributed by atoms with Crippen molar-refractivity contribution in [1.29, 1.82) is 0 Å². The summed E-state index contributed by atoms with van der Waals surface area (Å²) in [6.45, 7) is 0. The highest BCUT2D eigenvalue weighted by Gasteiger charge is 2.13. The first-order valence-corrected chi connectivity index (χ1v) is 7.16.